The number of carbonyl (C=O) groups is 1. The van der Waals surface area contributed by atoms with E-state index in [-0.39, 0.29) is 5.91 Å². The fourth-order valence-corrected chi connectivity index (χ4v) is 4.04. The van der Waals surface area contributed by atoms with Crippen LogP contribution in [-0.4, -0.2) is 56.0 Å². The molecule has 1 N–H and O–H groups in total. The maximum Gasteiger partial charge on any atom is 0.230 e. The number of fused-ring (bicyclic) bond motifs is 1. The Bertz CT molecular complexity index is 588. The summed E-state index contributed by atoms with van der Waals surface area (Å²) < 4.78 is 11.1. The lowest BCUT2D eigenvalue weighted by molar-refractivity contribution is -0.118. The Morgan fingerprint density at radius 2 is 1.96 bits per heavy atom. The standard InChI is InChI=1S/C20H30N2O3S/c1-16-6-10-22(11-7-16)9-3-2-8-21-20(23)15-26-17-4-5-18-19(14-17)25-13-12-24-18/h4-5,14,16H,2-3,6-13,15H2,1H3,(H,21,23). The molecule has 0 aromatic heterocycles. The molecular weight excluding hydrogens is 348 g/mol. The van der Waals surface area contributed by atoms with Crippen LogP contribution < -0.4 is 14.8 Å². The number of hydrogen-bond donors (Lipinski definition) is 1. The summed E-state index contributed by atoms with van der Waals surface area (Å²) in [7, 11) is 0. The Labute approximate surface area is 160 Å². The maximum absolute atomic E-state index is 12.0. The van der Waals surface area contributed by atoms with Crippen molar-refractivity contribution in [2.75, 3.05) is 45.1 Å². The Balaban J connectivity index is 1.26. The van der Waals surface area contributed by atoms with Gasteiger partial charge in [-0.15, -0.1) is 11.8 Å². The predicted octanol–water partition coefficient (Wildman–Crippen LogP) is 3.18. The smallest absolute Gasteiger partial charge is 0.230 e. The molecule has 5 nitrogen and oxygen atoms in total. The highest BCUT2D eigenvalue weighted by Crippen LogP contribution is 2.34. The Morgan fingerprint density at radius 1 is 1.19 bits per heavy atom. The Morgan fingerprint density at radius 3 is 2.77 bits per heavy atom. The Kier molecular flexibility index (Phi) is 7.50. The first kappa shape index (κ1) is 19.4. The van der Waals surface area contributed by atoms with Gasteiger partial charge in [0.25, 0.3) is 0 Å². The van der Waals surface area contributed by atoms with Crippen LogP contribution in [0.2, 0.25) is 0 Å². The van der Waals surface area contributed by atoms with Gasteiger partial charge in [0.1, 0.15) is 13.2 Å². The van der Waals surface area contributed by atoms with Crippen LogP contribution >= 0.6 is 11.8 Å². The summed E-state index contributed by atoms with van der Waals surface area (Å²) in [5.74, 6) is 2.97. The van der Waals surface area contributed by atoms with Crippen molar-refractivity contribution >= 4 is 17.7 Å². The van der Waals surface area contributed by atoms with Crippen molar-refractivity contribution in [3.05, 3.63) is 18.2 Å². The van der Waals surface area contributed by atoms with Crippen LogP contribution in [0.1, 0.15) is 32.6 Å². The summed E-state index contributed by atoms with van der Waals surface area (Å²) in [4.78, 5) is 15.6. The molecule has 0 saturated carbocycles. The van der Waals surface area contributed by atoms with Gasteiger partial charge in [-0.2, -0.15) is 0 Å². The minimum atomic E-state index is 0.0942. The molecule has 26 heavy (non-hydrogen) atoms. The van der Waals surface area contributed by atoms with Crippen LogP contribution in [0.5, 0.6) is 11.5 Å². The number of benzene rings is 1. The van der Waals surface area contributed by atoms with Crippen LogP contribution in [0.25, 0.3) is 0 Å². The maximum atomic E-state index is 12.0. The number of piperidine rings is 1. The van der Waals surface area contributed by atoms with E-state index < -0.39 is 0 Å². The highest BCUT2D eigenvalue weighted by atomic mass is 32.2. The molecule has 1 amide bonds. The zero-order chi connectivity index (χ0) is 18.2. The van der Waals surface area contributed by atoms with E-state index in [0.29, 0.717) is 19.0 Å². The fourth-order valence-electron chi connectivity index (χ4n) is 3.29. The van der Waals surface area contributed by atoms with E-state index >= 15 is 0 Å². The second kappa shape index (κ2) is 10.1. The Hall–Kier alpha value is -1.40. The van der Waals surface area contributed by atoms with Crippen molar-refractivity contribution in [2.45, 2.75) is 37.5 Å². The van der Waals surface area contributed by atoms with Gasteiger partial charge in [0.15, 0.2) is 11.5 Å². The van der Waals surface area contributed by atoms with Crippen molar-refractivity contribution in [2.24, 2.45) is 5.92 Å². The minimum absolute atomic E-state index is 0.0942. The van der Waals surface area contributed by atoms with Gasteiger partial charge < -0.3 is 19.7 Å². The molecule has 0 atom stereocenters. The first-order valence-electron chi connectivity index (χ1n) is 9.72. The topological polar surface area (TPSA) is 50.8 Å². The van der Waals surface area contributed by atoms with E-state index in [0.717, 1.165) is 48.2 Å². The molecule has 2 aliphatic rings. The van der Waals surface area contributed by atoms with Gasteiger partial charge in [0.2, 0.25) is 5.91 Å². The number of carbonyl (C=O) groups excluding carboxylic acids is 1. The first-order valence-corrected chi connectivity index (χ1v) is 10.7. The summed E-state index contributed by atoms with van der Waals surface area (Å²) in [6.07, 6.45) is 4.86. The van der Waals surface area contributed by atoms with E-state index in [9.17, 15) is 4.79 Å². The number of rotatable bonds is 8. The summed E-state index contributed by atoms with van der Waals surface area (Å²) in [5.41, 5.74) is 0. The summed E-state index contributed by atoms with van der Waals surface area (Å²) in [5, 5.41) is 3.03. The summed E-state index contributed by atoms with van der Waals surface area (Å²) >= 11 is 1.53. The number of likely N-dealkylation sites (tertiary alicyclic amines) is 1. The van der Waals surface area contributed by atoms with Gasteiger partial charge in [-0.05, 0) is 69.4 Å². The van der Waals surface area contributed by atoms with Gasteiger partial charge in [0, 0.05) is 11.4 Å². The van der Waals surface area contributed by atoms with Gasteiger partial charge in [-0.25, -0.2) is 0 Å². The van der Waals surface area contributed by atoms with Gasteiger partial charge in [-0.1, -0.05) is 6.92 Å². The van der Waals surface area contributed by atoms with Crippen LogP contribution in [0.4, 0.5) is 0 Å². The third kappa shape index (κ3) is 6.09. The van der Waals surface area contributed by atoms with Crippen molar-refractivity contribution in [1.82, 2.24) is 10.2 Å². The number of ether oxygens (including phenoxy) is 2. The zero-order valence-corrected chi connectivity index (χ0v) is 16.5. The second-order valence-corrected chi connectivity index (χ2v) is 8.22. The number of nitrogens with one attached hydrogen (secondary N) is 1. The van der Waals surface area contributed by atoms with E-state index in [1.807, 2.05) is 18.2 Å². The highest BCUT2D eigenvalue weighted by molar-refractivity contribution is 8.00. The number of nitrogens with zero attached hydrogens (tertiary/aromatic N) is 1. The van der Waals surface area contributed by atoms with Gasteiger partial charge >= 0.3 is 0 Å². The van der Waals surface area contributed by atoms with Gasteiger partial charge in [-0.3, -0.25) is 4.79 Å². The molecule has 0 radical (unpaired) electrons. The van der Waals surface area contributed by atoms with Crippen molar-refractivity contribution in [3.8, 4) is 11.5 Å². The monoisotopic (exact) mass is 378 g/mol. The fraction of sp³-hybridized carbons (Fsp3) is 0.650. The third-order valence-electron chi connectivity index (χ3n) is 4.98. The van der Waals surface area contributed by atoms with Gasteiger partial charge in [0.05, 0.1) is 5.75 Å². The summed E-state index contributed by atoms with van der Waals surface area (Å²) in [6, 6.07) is 5.84. The molecule has 3 rings (SSSR count). The average Bonchev–Trinajstić information content (AvgIpc) is 2.67. The molecule has 1 aromatic rings. The number of thioether (sulfide) groups is 1. The summed E-state index contributed by atoms with van der Waals surface area (Å²) in [6.45, 7) is 7.92. The molecule has 2 aliphatic heterocycles. The lowest BCUT2D eigenvalue weighted by Gasteiger charge is -2.30. The van der Waals surface area contributed by atoms with Crippen LogP contribution in [0.15, 0.2) is 23.1 Å². The van der Waals surface area contributed by atoms with Crippen molar-refractivity contribution in [1.29, 1.82) is 0 Å². The molecule has 0 aliphatic carbocycles. The van der Waals surface area contributed by atoms with Crippen LogP contribution in [0.3, 0.4) is 0 Å². The number of hydrogen-bond acceptors (Lipinski definition) is 5. The molecule has 144 valence electrons. The van der Waals surface area contributed by atoms with E-state index in [1.54, 1.807) is 0 Å². The lowest BCUT2D eigenvalue weighted by Crippen LogP contribution is -2.34. The number of amides is 1. The molecular formula is C20H30N2O3S. The van der Waals surface area contributed by atoms with E-state index in [4.69, 9.17) is 9.47 Å². The van der Waals surface area contributed by atoms with E-state index in [1.165, 1.54) is 37.7 Å². The van der Waals surface area contributed by atoms with Crippen molar-refractivity contribution in [3.63, 3.8) is 0 Å². The molecule has 1 aromatic carbocycles. The lowest BCUT2D eigenvalue weighted by atomic mass is 9.99. The molecule has 0 bridgehead atoms. The molecule has 1 fully saturated rings. The predicted molar refractivity (Wildman–Crippen MR) is 105 cm³/mol. The largest absolute Gasteiger partial charge is 0.486 e. The molecule has 1 saturated heterocycles. The average molecular weight is 379 g/mol. The first-order chi connectivity index (χ1) is 12.7. The molecule has 0 spiro atoms. The van der Waals surface area contributed by atoms with Crippen molar-refractivity contribution < 1.29 is 14.3 Å². The van der Waals surface area contributed by atoms with Crippen LogP contribution in [0, 0.1) is 5.92 Å². The quantitative estimate of drug-likeness (QED) is 0.556. The van der Waals surface area contributed by atoms with Crippen LogP contribution in [-0.2, 0) is 4.79 Å². The minimum Gasteiger partial charge on any atom is -0.486 e. The molecule has 6 heteroatoms. The zero-order valence-electron chi connectivity index (χ0n) is 15.7. The highest BCUT2D eigenvalue weighted by Gasteiger charge is 2.15. The normalized spacial score (nSPS) is 17.9. The molecule has 2 heterocycles. The SMILES string of the molecule is CC1CCN(CCCCNC(=O)CSc2ccc3c(c2)OCCO3)CC1. The number of unbranched alkanes of at least 4 members (excludes halogenated alkanes) is 1. The second-order valence-electron chi connectivity index (χ2n) is 7.18. The molecule has 0 unspecified atom stereocenters. The third-order valence-corrected chi connectivity index (χ3v) is 5.98. The van der Waals surface area contributed by atoms with E-state index in [2.05, 4.69) is 17.1 Å².